The van der Waals surface area contributed by atoms with Gasteiger partial charge in [-0.15, -0.1) is 0 Å². The van der Waals surface area contributed by atoms with Crippen molar-refractivity contribution in [3.05, 3.63) is 82.8 Å². The molecule has 2 aliphatic rings. The number of ether oxygens (including phenoxy) is 1. The minimum absolute atomic E-state index is 0.0384. The van der Waals surface area contributed by atoms with Crippen LogP contribution in [-0.4, -0.2) is 65.8 Å². The molecule has 0 spiro atoms. The van der Waals surface area contributed by atoms with Crippen LogP contribution in [0.3, 0.4) is 0 Å². The zero-order chi connectivity index (χ0) is 34.8. The Morgan fingerprint density at radius 1 is 1.21 bits per heavy atom. The number of hydrogen-bond donors (Lipinski definition) is 2. The second-order valence-electron chi connectivity index (χ2n) is 10.6. The first-order valence-corrected chi connectivity index (χ1v) is 14.4. The Kier molecular flexibility index (Phi) is 9.61. The van der Waals surface area contributed by atoms with Gasteiger partial charge in [-0.1, -0.05) is 41.9 Å². The number of nitrogens with zero attached hydrogens (tertiary/aromatic N) is 6. The fourth-order valence-corrected chi connectivity index (χ4v) is 5.14. The maximum atomic E-state index is 14.0. The first-order valence-electron chi connectivity index (χ1n) is 14.0. The number of aliphatic imine (C=N–C) groups is 2. The number of aromatic nitrogens is 1. The van der Waals surface area contributed by atoms with Crippen LogP contribution in [0.2, 0.25) is 5.02 Å². The van der Waals surface area contributed by atoms with Crippen molar-refractivity contribution in [2.45, 2.75) is 43.2 Å². The highest BCUT2D eigenvalue weighted by Crippen LogP contribution is 2.49. The van der Waals surface area contributed by atoms with E-state index >= 15 is 0 Å². The Morgan fingerprint density at radius 3 is 2.50 bits per heavy atom. The normalized spacial score (nSPS) is 17.8. The summed E-state index contributed by atoms with van der Waals surface area (Å²) in [5.74, 6) is -1.59. The van der Waals surface area contributed by atoms with Crippen LogP contribution in [0.4, 0.5) is 36.8 Å². The van der Waals surface area contributed by atoms with Crippen LogP contribution in [0, 0.1) is 5.82 Å². The van der Waals surface area contributed by atoms with Crippen molar-refractivity contribution >= 4 is 48.3 Å². The lowest BCUT2D eigenvalue weighted by Gasteiger charge is -2.29. The number of hydrazone groups is 1. The molecule has 1 fully saturated rings. The summed E-state index contributed by atoms with van der Waals surface area (Å²) < 4.78 is 86.7. The maximum absolute atomic E-state index is 14.0. The molecule has 18 heteroatoms. The highest BCUT2D eigenvalue weighted by Gasteiger charge is 2.64. The molecule has 2 heterocycles. The molecule has 48 heavy (non-hydrogen) atoms. The summed E-state index contributed by atoms with van der Waals surface area (Å²) >= 11 is 6.20. The smallest absolute Gasteiger partial charge is 0.411 e. The van der Waals surface area contributed by atoms with E-state index in [-0.39, 0.29) is 40.1 Å². The highest BCUT2D eigenvalue weighted by molar-refractivity contribution is 6.33. The molecule has 5 rings (SSSR count). The topological polar surface area (TPSA) is 138 Å². The van der Waals surface area contributed by atoms with E-state index < -0.39 is 54.8 Å². The van der Waals surface area contributed by atoms with Crippen LogP contribution >= 0.6 is 11.6 Å². The van der Waals surface area contributed by atoms with Gasteiger partial charge in [-0.05, 0) is 55.0 Å². The predicted molar refractivity (Wildman–Crippen MR) is 164 cm³/mol. The van der Waals surface area contributed by atoms with Gasteiger partial charge in [0.05, 0.1) is 28.6 Å². The number of carbonyl (C=O) groups excluding carboxylic acids is 2. The summed E-state index contributed by atoms with van der Waals surface area (Å²) in [5.41, 5.74) is 4.89. The van der Waals surface area contributed by atoms with Gasteiger partial charge in [-0.2, -0.15) is 27.1 Å². The molecule has 0 saturated heterocycles. The lowest BCUT2D eigenvalue weighted by molar-refractivity contribution is -0.164. The van der Waals surface area contributed by atoms with Crippen LogP contribution < -0.4 is 16.1 Å². The number of carbonyl (C=O) groups is 2. The molecule has 0 unspecified atom stereocenters. The van der Waals surface area contributed by atoms with Crippen LogP contribution in [0.1, 0.15) is 36.1 Å². The average Bonchev–Trinajstić information content (AvgIpc) is 3.78. The number of amides is 2. The number of nitrogens with two attached hydrogens (primary N) is 1. The van der Waals surface area contributed by atoms with Crippen LogP contribution in [0.25, 0.3) is 11.3 Å². The van der Waals surface area contributed by atoms with E-state index in [2.05, 4.69) is 26.8 Å². The number of alkyl carbamates (subject to hydrolysis) is 1. The molecular formula is C30H25ClF6N8O3. The number of pyridine rings is 1. The number of hydrogen-bond acceptors (Lipinski definition) is 8. The molecule has 3 N–H and O–H groups in total. The van der Waals surface area contributed by atoms with Gasteiger partial charge in [0.25, 0.3) is 5.91 Å². The second-order valence-corrected chi connectivity index (χ2v) is 11.1. The molecule has 2 atom stereocenters. The molecule has 1 aliphatic heterocycles. The monoisotopic (exact) mass is 694 g/mol. The van der Waals surface area contributed by atoms with Crippen LogP contribution in [0.15, 0.2) is 75.9 Å². The van der Waals surface area contributed by atoms with Crippen molar-refractivity contribution in [1.82, 2.24) is 15.2 Å². The van der Waals surface area contributed by atoms with Crippen molar-refractivity contribution in [3.8, 4) is 11.3 Å². The highest BCUT2D eigenvalue weighted by atomic mass is 35.5. The first-order chi connectivity index (χ1) is 22.7. The van der Waals surface area contributed by atoms with E-state index in [1.165, 1.54) is 24.3 Å². The Hall–Kier alpha value is -5.19. The van der Waals surface area contributed by atoms with Crippen molar-refractivity contribution in [3.63, 3.8) is 0 Å². The number of rotatable bonds is 11. The van der Waals surface area contributed by atoms with Gasteiger partial charge in [0.1, 0.15) is 24.3 Å². The fraction of sp³-hybridized carbons (Fsp3) is 0.267. The number of anilines is 1. The Labute approximate surface area is 273 Å². The minimum atomic E-state index is -4.73. The lowest BCUT2D eigenvalue weighted by Crippen LogP contribution is -2.49. The number of halogens is 7. The Morgan fingerprint density at radius 2 is 1.92 bits per heavy atom. The number of guanidine groups is 1. The molecule has 1 aliphatic carbocycles. The van der Waals surface area contributed by atoms with Gasteiger partial charge in [0.15, 0.2) is 12.0 Å². The Balaban J connectivity index is 1.46. The van der Waals surface area contributed by atoms with Crippen molar-refractivity contribution < 1.29 is 40.7 Å². The zero-order valence-electron chi connectivity index (χ0n) is 24.5. The molecule has 0 bridgehead atoms. The van der Waals surface area contributed by atoms with E-state index in [4.69, 9.17) is 22.1 Å². The molecule has 2 aromatic carbocycles. The van der Waals surface area contributed by atoms with Gasteiger partial charge in [0, 0.05) is 5.56 Å². The SMILES string of the molecule is C=N/C=N\N(c1cc([C@@H](COC(=O)NC2(C(F)(F)F)CC2)N2C(=O)[C@@H](c3ccc(-c4ccc(F)cn4)cc3)N=C2N)ccc1Cl)C(F)F. The third-order valence-corrected chi connectivity index (χ3v) is 7.91. The number of benzene rings is 2. The summed E-state index contributed by atoms with van der Waals surface area (Å²) in [6.07, 6.45) is -5.06. The number of alkyl halides is 5. The van der Waals surface area contributed by atoms with Gasteiger partial charge in [-0.25, -0.2) is 19.2 Å². The van der Waals surface area contributed by atoms with Crippen molar-refractivity contribution in [2.24, 2.45) is 20.8 Å². The summed E-state index contributed by atoms with van der Waals surface area (Å²) in [4.78, 5) is 38.9. The first kappa shape index (κ1) is 34.2. The van der Waals surface area contributed by atoms with Crippen LogP contribution in [0.5, 0.6) is 0 Å². The Bertz CT molecular complexity index is 1750. The van der Waals surface area contributed by atoms with Gasteiger partial charge < -0.3 is 15.8 Å². The largest absolute Gasteiger partial charge is 0.447 e. The lowest BCUT2D eigenvalue weighted by atomic mass is 10.0. The van der Waals surface area contributed by atoms with E-state index in [9.17, 15) is 35.9 Å². The van der Waals surface area contributed by atoms with Crippen LogP contribution in [-0.2, 0) is 9.53 Å². The third-order valence-electron chi connectivity index (χ3n) is 7.59. The van der Waals surface area contributed by atoms with Gasteiger partial charge >= 0.3 is 18.8 Å². The maximum Gasteiger partial charge on any atom is 0.411 e. The molecule has 0 radical (unpaired) electrons. The summed E-state index contributed by atoms with van der Waals surface area (Å²) in [6.45, 7) is -0.837. The quantitative estimate of drug-likeness (QED) is 0.0834. The van der Waals surface area contributed by atoms with E-state index in [0.29, 0.717) is 16.8 Å². The molecule has 1 aromatic heterocycles. The second kappa shape index (κ2) is 13.5. The molecule has 11 nitrogen and oxygen atoms in total. The molecule has 252 valence electrons. The van der Waals surface area contributed by atoms with Crippen molar-refractivity contribution in [1.29, 1.82) is 0 Å². The fourth-order valence-electron chi connectivity index (χ4n) is 4.94. The van der Waals surface area contributed by atoms with E-state index in [1.54, 1.807) is 24.3 Å². The summed E-state index contributed by atoms with van der Waals surface area (Å²) in [7, 11) is 0. The minimum Gasteiger partial charge on any atom is -0.447 e. The molecule has 3 aromatic rings. The zero-order valence-corrected chi connectivity index (χ0v) is 25.3. The molecule has 1 saturated carbocycles. The summed E-state index contributed by atoms with van der Waals surface area (Å²) in [6, 6.07) is 10.2. The van der Waals surface area contributed by atoms with E-state index in [0.717, 1.165) is 23.5 Å². The van der Waals surface area contributed by atoms with E-state index in [1.807, 2.05) is 5.32 Å². The average molecular weight is 695 g/mol. The van der Waals surface area contributed by atoms with Gasteiger partial charge in [0.2, 0.25) is 0 Å². The summed E-state index contributed by atoms with van der Waals surface area (Å²) in [5, 5.41) is 5.36. The standard InChI is InChI=1S/C30H25ClF6N8O3/c1-39-15-41-45(26(33)34)22-12-18(6-8-20(22)31)23(14-48-28(47)43-29(10-11-29)30(35,36)37)44-25(46)24(42-27(44)38)17-4-2-16(3-5-17)21-9-7-19(32)13-40-21/h2-9,12-13,15,23-24,26H,1,10-11,14H2,(H2,38,42)(H,43,47)/b41-15-/t23-,24-/m1/s1. The third kappa shape index (κ3) is 7.05. The molecule has 2 amide bonds. The number of nitrogens with one attached hydrogen (secondary N) is 1. The molecular weight excluding hydrogens is 670 g/mol. The van der Waals surface area contributed by atoms with Gasteiger partial charge in [-0.3, -0.25) is 19.7 Å². The predicted octanol–water partition coefficient (Wildman–Crippen LogP) is 5.97. The van der Waals surface area contributed by atoms with Crippen molar-refractivity contribution in [2.75, 3.05) is 11.6 Å².